The van der Waals surface area contributed by atoms with Crippen LogP contribution in [0.3, 0.4) is 0 Å². The second-order valence-corrected chi connectivity index (χ2v) is 5.93. The van der Waals surface area contributed by atoms with Crippen LogP contribution >= 0.6 is 0 Å². The molecule has 0 radical (unpaired) electrons. The van der Waals surface area contributed by atoms with Gasteiger partial charge in [0, 0.05) is 0 Å². The summed E-state index contributed by atoms with van der Waals surface area (Å²) in [5.74, 6) is -5.97. The summed E-state index contributed by atoms with van der Waals surface area (Å²) in [6.45, 7) is 2.40. The summed E-state index contributed by atoms with van der Waals surface area (Å²) in [7, 11) is 0. The molecule has 22 heavy (non-hydrogen) atoms. The summed E-state index contributed by atoms with van der Waals surface area (Å²) in [4.78, 5) is 34.6. The summed E-state index contributed by atoms with van der Waals surface area (Å²) in [6.07, 6.45) is 6.34. The molecule has 0 amide bonds. The normalized spacial score (nSPS) is 24.7. The average Bonchev–Trinajstić information content (AvgIpc) is 2.49. The molecule has 1 saturated carbocycles. The van der Waals surface area contributed by atoms with Gasteiger partial charge in [0.25, 0.3) is 0 Å². The minimum atomic E-state index is -1.23. The number of rotatable bonds is 9. The first-order valence-electron chi connectivity index (χ1n) is 8.11. The summed E-state index contributed by atoms with van der Waals surface area (Å²) in [5.41, 5.74) is 0. The molecule has 1 aliphatic carbocycles. The van der Waals surface area contributed by atoms with Gasteiger partial charge in [-0.25, -0.2) is 0 Å². The number of unbranched alkanes of at least 4 members (excludes halogenated alkanes) is 4. The van der Waals surface area contributed by atoms with Gasteiger partial charge in [0.2, 0.25) is 0 Å². The molecule has 6 heteroatoms. The van der Waals surface area contributed by atoms with Crippen LogP contribution in [0.5, 0.6) is 0 Å². The van der Waals surface area contributed by atoms with Gasteiger partial charge in [0.15, 0.2) is 0 Å². The second kappa shape index (κ2) is 9.43. The molecule has 0 spiro atoms. The zero-order valence-electron chi connectivity index (χ0n) is 13.1. The predicted octanol–water partition coefficient (Wildman–Crippen LogP) is 2.70. The first-order valence-corrected chi connectivity index (χ1v) is 8.11. The van der Waals surface area contributed by atoms with E-state index >= 15 is 0 Å². The standard InChI is InChI=1S/C16H26O6/c1-2-3-4-5-6-10-22-16(21)12-9-7-8-11(14(17)18)13(12)15(19)20/h11-13H,2-10H2,1H3,(H,17,18)(H,19,20). The maximum absolute atomic E-state index is 12.1. The molecular weight excluding hydrogens is 288 g/mol. The lowest BCUT2D eigenvalue weighted by atomic mass is 9.72. The van der Waals surface area contributed by atoms with Crippen molar-refractivity contribution in [2.24, 2.45) is 17.8 Å². The topological polar surface area (TPSA) is 101 Å². The zero-order valence-corrected chi connectivity index (χ0v) is 13.1. The molecule has 6 nitrogen and oxygen atoms in total. The third kappa shape index (κ3) is 5.31. The molecule has 1 fully saturated rings. The lowest BCUT2D eigenvalue weighted by Gasteiger charge is -2.31. The summed E-state index contributed by atoms with van der Waals surface area (Å²) >= 11 is 0. The average molecular weight is 314 g/mol. The van der Waals surface area contributed by atoms with E-state index in [0.717, 1.165) is 32.1 Å². The fourth-order valence-corrected chi connectivity index (χ4v) is 3.07. The van der Waals surface area contributed by atoms with Crippen LogP contribution in [-0.2, 0) is 19.1 Å². The van der Waals surface area contributed by atoms with Crippen molar-refractivity contribution in [2.75, 3.05) is 6.61 Å². The van der Waals surface area contributed by atoms with Gasteiger partial charge in [-0.15, -0.1) is 0 Å². The van der Waals surface area contributed by atoms with Gasteiger partial charge < -0.3 is 14.9 Å². The highest BCUT2D eigenvalue weighted by Crippen LogP contribution is 2.36. The van der Waals surface area contributed by atoms with Gasteiger partial charge in [-0.05, 0) is 19.3 Å². The summed E-state index contributed by atoms with van der Waals surface area (Å²) in [5, 5.41) is 18.4. The fourth-order valence-electron chi connectivity index (χ4n) is 3.07. The Balaban J connectivity index is 2.51. The van der Waals surface area contributed by atoms with Crippen molar-refractivity contribution in [2.45, 2.75) is 58.3 Å². The van der Waals surface area contributed by atoms with Crippen molar-refractivity contribution in [1.29, 1.82) is 0 Å². The number of aliphatic carboxylic acids is 2. The monoisotopic (exact) mass is 314 g/mol. The van der Waals surface area contributed by atoms with Crippen molar-refractivity contribution in [3.05, 3.63) is 0 Å². The summed E-state index contributed by atoms with van der Waals surface area (Å²) < 4.78 is 5.17. The minimum Gasteiger partial charge on any atom is -0.481 e. The molecule has 0 aromatic carbocycles. The van der Waals surface area contributed by atoms with Gasteiger partial charge in [-0.2, -0.15) is 0 Å². The first-order chi connectivity index (χ1) is 10.5. The predicted molar refractivity (Wildman–Crippen MR) is 79.3 cm³/mol. The number of ether oxygens (including phenoxy) is 1. The molecule has 0 aliphatic heterocycles. The van der Waals surface area contributed by atoms with E-state index < -0.39 is 35.7 Å². The van der Waals surface area contributed by atoms with E-state index in [-0.39, 0.29) is 6.61 Å². The van der Waals surface area contributed by atoms with Gasteiger partial charge in [0.1, 0.15) is 0 Å². The summed E-state index contributed by atoms with van der Waals surface area (Å²) in [6, 6.07) is 0. The van der Waals surface area contributed by atoms with Gasteiger partial charge in [0.05, 0.1) is 24.4 Å². The van der Waals surface area contributed by atoms with Crippen molar-refractivity contribution < 1.29 is 29.3 Å². The number of carbonyl (C=O) groups excluding carboxylic acids is 1. The van der Waals surface area contributed by atoms with E-state index in [1.807, 2.05) is 0 Å². The quantitative estimate of drug-likeness (QED) is 0.501. The Bertz CT molecular complexity index is 392. The van der Waals surface area contributed by atoms with Crippen LogP contribution in [0.4, 0.5) is 0 Å². The van der Waals surface area contributed by atoms with E-state index in [0.29, 0.717) is 19.3 Å². The van der Waals surface area contributed by atoms with E-state index in [9.17, 15) is 19.5 Å². The van der Waals surface area contributed by atoms with E-state index in [1.165, 1.54) is 0 Å². The zero-order chi connectivity index (χ0) is 16.5. The van der Waals surface area contributed by atoms with Crippen LogP contribution in [0.15, 0.2) is 0 Å². The maximum Gasteiger partial charge on any atom is 0.309 e. The Kier molecular flexibility index (Phi) is 7.91. The number of carbonyl (C=O) groups is 3. The van der Waals surface area contributed by atoms with Crippen molar-refractivity contribution in [1.82, 2.24) is 0 Å². The van der Waals surface area contributed by atoms with E-state index in [1.54, 1.807) is 0 Å². The third-order valence-electron chi connectivity index (χ3n) is 4.29. The minimum absolute atomic E-state index is 0.281. The van der Waals surface area contributed by atoms with Crippen LogP contribution in [0.1, 0.15) is 58.3 Å². The molecule has 2 N–H and O–H groups in total. The Morgan fingerprint density at radius 1 is 0.955 bits per heavy atom. The van der Waals surface area contributed by atoms with Crippen LogP contribution in [-0.4, -0.2) is 34.7 Å². The van der Waals surface area contributed by atoms with E-state index in [2.05, 4.69) is 6.92 Å². The Morgan fingerprint density at radius 2 is 1.59 bits per heavy atom. The van der Waals surface area contributed by atoms with Crippen LogP contribution in [0.25, 0.3) is 0 Å². The molecule has 126 valence electrons. The van der Waals surface area contributed by atoms with Crippen molar-refractivity contribution in [3.8, 4) is 0 Å². The van der Waals surface area contributed by atoms with Crippen LogP contribution in [0.2, 0.25) is 0 Å². The SMILES string of the molecule is CCCCCCCOC(=O)C1CCCC(C(=O)O)C1C(=O)O. The maximum atomic E-state index is 12.1. The highest BCUT2D eigenvalue weighted by Gasteiger charge is 2.46. The Labute approximate surface area is 130 Å². The lowest BCUT2D eigenvalue weighted by Crippen LogP contribution is -2.42. The number of hydrogen-bond donors (Lipinski definition) is 2. The highest BCUT2D eigenvalue weighted by atomic mass is 16.5. The van der Waals surface area contributed by atoms with E-state index in [4.69, 9.17) is 9.84 Å². The molecule has 0 aromatic heterocycles. The highest BCUT2D eigenvalue weighted by molar-refractivity contribution is 5.86. The number of carboxylic acid groups (broad SMARTS) is 2. The molecule has 1 rings (SSSR count). The van der Waals surface area contributed by atoms with Crippen molar-refractivity contribution in [3.63, 3.8) is 0 Å². The molecule has 1 aliphatic rings. The Morgan fingerprint density at radius 3 is 2.18 bits per heavy atom. The smallest absolute Gasteiger partial charge is 0.309 e. The fraction of sp³-hybridized carbons (Fsp3) is 0.812. The molecule has 0 aromatic rings. The third-order valence-corrected chi connectivity index (χ3v) is 4.29. The van der Waals surface area contributed by atoms with Crippen molar-refractivity contribution >= 4 is 17.9 Å². The number of esters is 1. The van der Waals surface area contributed by atoms with Gasteiger partial charge in [-0.3, -0.25) is 14.4 Å². The first kappa shape index (κ1) is 18.5. The lowest BCUT2D eigenvalue weighted by molar-refractivity contribution is -0.167. The van der Waals surface area contributed by atoms with Crippen LogP contribution < -0.4 is 0 Å². The Hall–Kier alpha value is -1.59. The number of hydrogen-bond acceptors (Lipinski definition) is 4. The molecule has 0 saturated heterocycles. The largest absolute Gasteiger partial charge is 0.481 e. The molecule has 0 heterocycles. The van der Waals surface area contributed by atoms with Gasteiger partial charge in [-0.1, -0.05) is 39.0 Å². The number of carboxylic acids is 2. The molecular formula is C16H26O6. The van der Waals surface area contributed by atoms with Gasteiger partial charge >= 0.3 is 17.9 Å². The molecule has 3 atom stereocenters. The molecule has 3 unspecified atom stereocenters. The second-order valence-electron chi connectivity index (χ2n) is 5.93. The molecule has 0 bridgehead atoms. The van der Waals surface area contributed by atoms with Crippen LogP contribution in [0, 0.1) is 17.8 Å².